The summed E-state index contributed by atoms with van der Waals surface area (Å²) in [4.78, 5) is 34.4. The lowest BCUT2D eigenvalue weighted by atomic mass is 9.93. The highest BCUT2D eigenvalue weighted by molar-refractivity contribution is 5.96. The lowest BCUT2D eigenvalue weighted by Gasteiger charge is -2.16. The van der Waals surface area contributed by atoms with Crippen molar-refractivity contribution in [2.45, 2.75) is 25.7 Å². The number of benzene rings is 1. The van der Waals surface area contributed by atoms with Crippen molar-refractivity contribution in [1.29, 1.82) is 0 Å². The van der Waals surface area contributed by atoms with Gasteiger partial charge in [-0.1, -0.05) is 12.1 Å². The molecule has 1 aliphatic rings. The second-order valence-electron chi connectivity index (χ2n) is 5.00. The third-order valence-corrected chi connectivity index (χ3v) is 3.76. The van der Waals surface area contributed by atoms with Gasteiger partial charge in [-0.3, -0.25) is 19.7 Å². The molecule has 0 aromatic heterocycles. The van der Waals surface area contributed by atoms with Crippen LogP contribution >= 0.6 is 0 Å². The van der Waals surface area contributed by atoms with Crippen molar-refractivity contribution >= 4 is 17.6 Å². The zero-order valence-electron chi connectivity index (χ0n) is 12.4. The number of esters is 2. The molecule has 2 unspecified atom stereocenters. The number of hydrogen-bond acceptors (Lipinski definition) is 6. The molecule has 22 heavy (non-hydrogen) atoms. The molecule has 1 aromatic carbocycles. The molecule has 7 heteroatoms. The van der Waals surface area contributed by atoms with Crippen LogP contribution in [0.2, 0.25) is 0 Å². The Kier molecular flexibility index (Phi) is 4.44. The van der Waals surface area contributed by atoms with E-state index in [1.165, 1.54) is 24.3 Å². The standard InChI is InChI=1S/C15H17NO6/c1-3-21-13(17)12-9-15(12,14(18)22-4-2)10-5-7-11(8-6-10)16(19)20/h5-8,12H,3-4,9H2,1-2H3. The smallest absolute Gasteiger partial charge is 0.317 e. The molecule has 0 N–H and O–H groups in total. The number of hydrogen-bond donors (Lipinski definition) is 0. The molecule has 0 radical (unpaired) electrons. The Morgan fingerprint density at radius 1 is 1.23 bits per heavy atom. The van der Waals surface area contributed by atoms with Crippen LogP contribution in [0, 0.1) is 16.0 Å². The Hall–Kier alpha value is -2.44. The molecule has 0 amide bonds. The van der Waals surface area contributed by atoms with Crippen molar-refractivity contribution in [3.63, 3.8) is 0 Å². The van der Waals surface area contributed by atoms with Crippen LogP contribution in [0.1, 0.15) is 25.8 Å². The summed E-state index contributed by atoms with van der Waals surface area (Å²) in [6.07, 6.45) is 0.294. The van der Waals surface area contributed by atoms with Gasteiger partial charge in [0.1, 0.15) is 5.41 Å². The molecule has 0 aliphatic heterocycles. The maximum atomic E-state index is 12.3. The maximum Gasteiger partial charge on any atom is 0.317 e. The third-order valence-electron chi connectivity index (χ3n) is 3.76. The van der Waals surface area contributed by atoms with E-state index in [2.05, 4.69) is 0 Å². The van der Waals surface area contributed by atoms with E-state index in [1.807, 2.05) is 0 Å². The SMILES string of the molecule is CCOC(=O)C1CC1(C(=O)OCC)c1ccc([N+](=O)[O-])cc1. The summed E-state index contributed by atoms with van der Waals surface area (Å²) in [5.74, 6) is -1.55. The molecule has 0 bridgehead atoms. The molecule has 118 valence electrons. The number of nitro benzene ring substituents is 1. The molecule has 7 nitrogen and oxygen atoms in total. The van der Waals surface area contributed by atoms with Gasteiger partial charge in [0, 0.05) is 12.1 Å². The summed E-state index contributed by atoms with van der Waals surface area (Å²) in [5, 5.41) is 10.7. The number of carbonyl (C=O) groups is 2. The van der Waals surface area contributed by atoms with Gasteiger partial charge in [0.05, 0.1) is 24.1 Å². The fourth-order valence-electron chi connectivity index (χ4n) is 2.59. The third kappa shape index (κ3) is 2.66. The number of ether oxygens (including phenoxy) is 2. The Morgan fingerprint density at radius 3 is 2.32 bits per heavy atom. The van der Waals surface area contributed by atoms with Crippen LogP contribution in [0.15, 0.2) is 24.3 Å². The first-order valence-corrected chi connectivity index (χ1v) is 7.06. The Bertz CT molecular complexity index is 597. The monoisotopic (exact) mass is 307 g/mol. The summed E-state index contributed by atoms with van der Waals surface area (Å²) >= 11 is 0. The average Bonchev–Trinajstić information content (AvgIpc) is 3.25. The Morgan fingerprint density at radius 2 is 1.82 bits per heavy atom. The quantitative estimate of drug-likeness (QED) is 0.453. The summed E-state index contributed by atoms with van der Waals surface area (Å²) in [5.41, 5.74) is -0.622. The minimum atomic E-state index is -1.09. The summed E-state index contributed by atoms with van der Waals surface area (Å²) in [6, 6.07) is 5.62. The van der Waals surface area contributed by atoms with Gasteiger partial charge < -0.3 is 9.47 Å². The molecular formula is C15H17NO6. The second-order valence-corrected chi connectivity index (χ2v) is 5.00. The van der Waals surface area contributed by atoms with E-state index in [9.17, 15) is 19.7 Å². The number of rotatable bonds is 6. The number of nitro groups is 1. The van der Waals surface area contributed by atoms with Crippen molar-refractivity contribution in [2.24, 2.45) is 5.92 Å². The Labute approximate surface area is 127 Å². The van der Waals surface area contributed by atoms with E-state index in [1.54, 1.807) is 13.8 Å². The molecule has 0 heterocycles. The van der Waals surface area contributed by atoms with E-state index >= 15 is 0 Å². The minimum absolute atomic E-state index is 0.0731. The number of non-ortho nitro benzene ring substituents is 1. The van der Waals surface area contributed by atoms with Crippen molar-refractivity contribution in [1.82, 2.24) is 0 Å². The predicted octanol–water partition coefficient (Wildman–Crippen LogP) is 1.98. The lowest BCUT2D eigenvalue weighted by Crippen LogP contribution is -2.28. The molecular weight excluding hydrogens is 290 g/mol. The molecule has 1 aromatic rings. The van der Waals surface area contributed by atoms with Crippen LogP contribution in [0.3, 0.4) is 0 Å². The van der Waals surface area contributed by atoms with Crippen molar-refractivity contribution in [2.75, 3.05) is 13.2 Å². The summed E-state index contributed by atoms with van der Waals surface area (Å²) in [6.45, 7) is 3.80. The van der Waals surface area contributed by atoms with Gasteiger partial charge in [-0.05, 0) is 25.8 Å². The van der Waals surface area contributed by atoms with Crippen LogP contribution < -0.4 is 0 Å². The molecule has 0 spiro atoms. The first-order chi connectivity index (χ1) is 10.5. The molecule has 1 aliphatic carbocycles. The highest BCUT2D eigenvalue weighted by atomic mass is 16.6. The fourth-order valence-corrected chi connectivity index (χ4v) is 2.59. The Balaban J connectivity index is 2.32. The molecule has 2 atom stereocenters. The van der Waals surface area contributed by atoms with E-state index < -0.39 is 28.2 Å². The zero-order chi connectivity index (χ0) is 16.3. The van der Waals surface area contributed by atoms with Gasteiger partial charge in [-0.15, -0.1) is 0 Å². The average molecular weight is 307 g/mol. The summed E-state index contributed by atoms with van der Waals surface area (Å²) < 4.78 is 10.1. The van der Waals surface area contributed by atoms with Crippen LogP contribution in [0.25, 0.3) is 0 Å². The molecule has 1 saturated carbocycles. The van der Waals surface area contributed by atoms with Gasteiger partial charge in [0.15, 0.2) is 0 Å². The molecule has 2 rings (SSSR count). The van der Waals surface area contributed by atoms with Crippen molar-refractivity contribution in [3.05, 3.63) is 39.9 Å². The van der Waals surface area contributed by atoms with E-state index in [-0.39, 0.29) is 18.9 Å². The topological polar surface area (TPSA) is 95.7 Å². The first-order valence-electron chi connectivity index (χ1n) is 7.06. The highest BCUT2D eigenvalue weighted by Crippen LogP contribution is 2.56. The predicted molar refractivity (Wildman–Crippen MR) is 76.1 cm³/mol. The van der Waals surface area contributed by atoms with Crippen molar-refractivity contribution < 1.29 is 24.0 Å². The van der Waals surface area contributed by atoms with Crippen molar-refractivity contribution in [3.8, 4) is 0 Å². The highest BCUT2D eigenvalue weighted by Gasteiger charge is 2.66. The number of nitrogens with zero attached hydrogens (tertiary/aromatic N) is 1. The largest absolute Gasteiger partial charge is 0.466 e. The minimum Gasteiger partial charge on any atom is -0.466 e. The zero-order valence-corrected chi connectivity index (χ0v) is 12.4. The summed E-state index contributed by atoms with van der Waals surface area (Å²) in [7, 11) is 0. The molecule has 1 fully saturated rings. The van der Waals surface area contributed by atoms with Crippen LogP contribution in [-0.2, 0) is 24.5 Å². The normalized spacial score (nSPS) is 22.7. The van der Waals surface area contributed by atoms with Gasteiger partial charge in [0.25, 0.3) is 5.69 Å². The maximum absolute atomic E-state index is 12.3. The van der Waals surface area contributed by atoms with Gasteiger partial charge in [-0.2, -0.15) is 0 Å². The van der Waals surface area contributed by atoms with Crippen LogP contribution in [-0.4, -0.2) is 30.1 Å². The van der Waals surface area contributed by atoms with Gasteiger partial charge >= 0.3 is 11.9 Å². The van der Waals surface area contributed by atoms with E-state index in [0.29, 0.717) is 12.0 Å². The van der Waals surface area contributed by atoms with Crippen LogP contribution in [0.5, 0.6) is 0 Å². The first kappa shape index (κ1) is 15.9. The van der Waals surface area contributed by atoms with Gasteiger partial charge in [0.2, 0.25) is 0 Å². The van der Waals surface area contributed by atoms with Gasteiger partial charge in [-0.25, -0.2) is 0 Å². The van der Waals surface area contributed by atoms with E-state index in [0.717, 1.165) is 0 Å². The van der Waals surface area contributed by atoms with Crippen LogP contribution in [0.4, 0.5) is 5.69 Å². The lowest BCUT2D eigenvalue weighted by molar-refractivity contribution is -0.384. The van der Waals surface area contributed by atoms with E-state index in [4.69, 9.17) is 9.47 Å². The second kappa shape index (κ2) is 6.13. The molecule has 0 saturated heterocycles. The number of carbonyl (C=O) groups excluding carboxylic acids is 2. The fraction of sp³-hybridized carbons (Fsp3) is 0.467.